The fourth-order valence-corrected chi connectivity index (χ4v) is 2.34. The standard InChI is InChI=1S/C18H21NO5/c1-21-14-8-6-5-7-12(14)11-19-18(20)13-9-15(22-2)17(24-4)16(10-13)23-3/h5-10H,11H2,1-4H3,(H,19,20). The highest BCUT2D eigenvalue weighted by Gasteiger charge is 2.17. The van der Waals surface area contributed by atoms with E-state index in [0.29, 0.717) is 29.4 Å². The zero-order chi connectivity index (χ0) is 17.5. The predicted octanol–water partition coefficient (Wildman–Crippen LogP) is 2.65. The van der Waals surface area contributed by atoms with Crippen LogP contribution < -0.4 is 24.3 Å². The minimum absolute atomic E-state index is 0.250. The maximum atomic E-state index is 12.4. The Hall–Kier alpha value is -2.89. The maximum absolute atomic E-state index is 12.4. The molecule has 0 aliphatic carbocycles. The van der Waals surface area contributed by atoms with Gasteiger partial charge in [0.1, 0.15) is 5.75 Å². The summed E-state index contributed by atoms with van der Waals surface area (Å²) in [7, 11) is 6.13. The third kappa shape index (κ3) is 3.71. The molecule has 2 aromatic rings. The minimum atomic E-state index is -0.250. The summed E-state index contributed by atoms with van der Waals surface area (Å²) >= 11 is 0. The van der Waals surface area contributed by atoms with Crippen molar-refractivity contribution < 1.29 is 23.7 Å². The lowest BCUT2D eigenvalue weighted by molar-refractivity contribution is 0.0950. The highest BCUT2D eigenvalue weighted by atomic mass is 16.5. The Labute approximate surface area is 141 Å². The van der Waals surface area contributed by atoms with Gasteiger partial charge in [0, 0.05) is 17.7 Å². The highest BCUT2D eigenvalue weighted by molar-refractivity contribution is 5.95. The van der Waals surface area contributed by atoms with Crippen molar-refractivity contribution in [2.45, 2.75) is 6.54 Å². The number of hydrogen-bond donors (Lipinski definition) is 1. The highest BCUT2D eigenvalue weighted by Crippen LogP contribution is 2.38. The second kappa shape index (κ2) is 8.10. The van der Waals surface area contributed by atoms with Crippen LogP contribution in [0.3, 0.4) is 0 Å². The first-order valence-corrected chi connectivity index (χ1v) is 7.34. The van der Waals surface area contributed by atoms with Crippen LogP contribution in [0, 0.1) is 0 Å². The van der Waals surface area contributed by atoms with Crippen molar-refractivity contribution in [3.63, 3.8) is 0 Å². The molecule has 0 radical (unpaired) electrons. The molecule has 2 rings (SSSR count). The van der Waals surface area contributed by atoms with E-state index in [0.717, 1.165) is 11.3 Å². The van der Waals surface area contributed by atoms with Gasteiger partial charge in [0.2, 0.25) is 5.75 Å². The fraction of sp³-hybridized carbons (Fsp3) is 0.278. The molecule has 2 aromatic carbocycles. The van der Waals surface area contributed by atoms with Crippen molar-refractivity contribution in [2.24, 2.45) is 0 Å². The first-order valence-electron chi connectivity index (χ1n) is 7.34. The van der Waals surface area contributed by atoms with Crippen molar-refractivity contribution in [1.29, 1.82) is 0 Å². The van der Waals surface area contributed by atoms with E-state index in [1.807, 2.05) is 24.3 Å². The third-order valence-electron chi connectivity index (χ3n) is 3.56. The third-order valence-corrected chi connectivity index (χ3v) is 3.56. The number of hydrogen-bond acceptors (Lipinski definition) is 5. The van der Waals surface area contributed by atoms with Gasteiger partial charge in [-0.05, 0) is 18.2 Å². The number of ether oxygens (including phenoxy) is 4. The Morgan fingerprint density at radius 3 is 2.00 bits per heavy atom. The number of methoxy groups -OCH3 is 4. The monoisotopic (exact) mass is 331 g/mol. The Bertz CT molecular complexity index is 689. The summed E-state index contributed by atoms with van der Waals surface area (Å²) in [6, 6.07) is 10.7. The summed E-state index contributed by atoms with van der Waals surface area (Å²) in [6.45, 7) is 0.347. The van der Waals surface area contributed by atoms with Crippen LogP contribution >= 0.6 is 0 Å². The van der Waals surface area contributed by atoms with Crippen LogP contribution in [0.2, 0.25) is 0 Å². The van der Waals surface area contributed by atoms with E-state index in [2.05, 4.69) is 5.32 Å². The minimum Gasteiger partial charge on any atom is -0.496 e. The molecule has 0 heterocycles. The molecule has 0 aliphatic rings. The molecule has 6 heteroatoms. The van der Waals surface area contributed by atoms with E-state index in [4.69, 9.17) is 18.9 Å². The second-order valence-corrected chi connectivity index (χ2v) is 4.91. The van der Waals surface area contributed by atoms with Crippen LogP contribution in [-0.2, 0) is 6.54 Å². The normalized spacial score (nSPS) is 10.0. The first kappa shape index (κ1) is 17.5. The quantitative estimate of drug-likeness (QED) is 0.845. The molecular formula is C18H21NO5. The van der Waals surface area contributed by atoms with E-state index >= 15 is 0 Å². The number of carbonyl (C=O) groups is 1. The molecule has 0 saturated heterocycles. The van der Waals surface area contributed by atoms with E-state index in [1.165, 1.54) is 21.3 Å². The van der Waals surface area contributed by atoms with Crippen molar-refractivity contribution in [3.05, 3.63) is 47.5 Å². The van der Waals surface area contributed by atoms with Gasteiger partial charge in [-0.2, -0.15) is 0 Å². The molecule has 0 bridgehead atoms. The Balaban J connectivity index is 2.20. The molecule has 6 nitrogen and oxygen atoms in total. The molecule has 0 saturated carbocycles. The zero-order valence-electron chi connectivity index (χ0n) is 14.2. The number of benzene rings is 2. The molecule has 1 N–H and O–H groups in total. The van der Waals surface area contributed by atoms with Gasteiger partial charge in [-0.15, -0.1) is 0 Å². The largest absolute Gasteiger partial charge is 0.496 e. The molecule has 0 spiro atoms. The van der Waals surface area contributed by atoms with Crippen LogP contribution in [0.4, 0.5) is 0 Å². The number of nitrogens with one attached hydrogen (secondary N) is 1. The molecule has 128 valence electrons. The zero-order valence-corrected chi connectivity index (χ0v) is 14.2. The summed E-state index contributed by atoms with van der Waals surface area (Å²) < 4.78 is 21.1. The molecule has 1 amide bonds. The van der Waals surface area contributed by atoms with Crippen LogP contribution in [0.5, 0.6) is 23.0 Å². The van der Waals surface area contributed by atoms with Crippen molar-refractivity contribution in [2.75, 3.05) is 28.4 Å². The molecular weight excluding hydrogens is 310 g/mol. The van der Waals surface area contributed by atoms with Gasteiger partial charge in [-0.1, -0.05) is 18.2 Å². The number of amides is 1. The van der Waals surface area contributed by atoms with Gasteiger partial charge < -0.3 is 24.3 Å². The first-order chi connectivity index (χ1) is 11.6. The molecule has 0 fully saturated rings. The van der Waals surface area contributed by atoms with E-state index in [1.54, 1.807) is 19.2 Å². The van der Waals surface area contributed by atoms with Crippen LogP contribution in [0.25, 0.3) is 0 Å². The number of para-hydroxylation sites is 1. The van der Waals surface area contributed by atoms with Crippen LogP contribution in [0.15, 0.2) is 36.4 Å². The average molecular weight is 331 g/mol. The molecule has 24 heavy (non-hydrogen) atoms. The van der Waals surface area contributed by atoms with Crippen LogP contribution in [-0.4, -0.2) is 34.3 Å². The summed E-state index contributed by atoms with van der Waals surface area (Å²) in [5.41, 5.74) is 1.31. The van der Waals surface area contributed by atoms with E-state index < -0.39 is 0 Å². The smallest absolute Gasteiger partial charge is 0.251 e. The summed E-state index contributed by atoms with van der Waals surface area (Å²) in [6.07, 6.45) is 0. The Morgan fingerprint density at radius 1 is 0.875 bits per heavy atom. The molecule has 0 atom stereocenters. The Kier molecular flexibility index (Phi) is 5.89. The molecule has 0 aliphatic heterocycles. The summed E-state index contributed by atoms with van der Waals surface area (Å²) in [5, 5.41) is 2.86. The predicted molar refractivity (Wildman–Crippen MR) is 90.3 cm³/mol. The lowest BCUT2D eigenvalue weighted by atomic mass is 10.1. The molecule has 0 unspecified atom stereocenters. The molecule has 0 aromatic heterocycles. The van der Waals surface area contributed by atoms with Gasteiger partial charge in [-0.3, -0.25) is 4.79 Å². The van der Waals surface area contributed by atoms with Gasteiger partial charge in [-0.25, -0.2) is 0 Å². The van der Waals surface area contributed by atoms with Gasteiger partial charge in [0.05, 0.1) is 28.4 Å². The number of carbonyl (C=O) groups excluding carboxylic acids is 1. The van der Waals surface area contributed by atoms with Crippen LogP contribution in [0.1, 0.15) is 15.9 Å². The van der Waals surface area contributed by atoms with E-state index in [9.17, 15) is 4.79 Å². The van der Waals surface area contributed by atoms with E-state index in [-0.39, 0.29) is 5.91 Å². The van der Waals surface area contributed by atoms with Gasteiger partial charge in [0.25, 0.3) is 5.91 Å². The van der Waals surface area contributed by atoms with Crippen molar-refractivity contribution >= 4 is 5.91 Å². The number of rotatable bonds is 7. The lowest BCUT2D eigenvalue weighted by Crippen LogP contribution is -2.23. The SMILES string of the molecule is COc1ccccc1CNC(=O)c1cc(OC)c(OC)c(OC)c1. The van der Waals surface area contributed by atoms with Crippen molar-refractivity contribution in [1.82, 2.24) is 5.32 Å². The summed E-state index contributed by atoms with van der Waals surface area (Å²) in [4.78, 5) is 12.4. The summed E-state index contributed by atoms with van der Waals surface area (Å²) in [5.74, 6) is 1.78. The fourth-order valence-electron chi connectivity index (χ4n) is 2.34. The van der Waals surface area contributed by atoms with Crippen molar-refractivity contribution in [3.8, 4) is 23.0 Å². The van der Waals surface area contributed by atoms with Gasteiger partial charge in [0.15, 0.2) is 11.5 Å². The lowest BCUT2D eigenvalue weighted by Gasteiger charge is -2.14. The topological polar surface area (TPSA) is 66.0 Å². The van der Waals surface area contributed by atoms with Gasteiger partial charge >= 0.3 is 0 Å². The second-order valence-electron chi connectivity index (χ2n) is 4.91. The Morgan fingerprint density at radius 2 is 1.46 bits per heavy atom. The average Bonchev–Trinajstić information content (AvgIpc) is 2.64. The maximum Gasteiger partial charge on any atom is 0.251 e.